The molecule has 2 rings (SSSR count). The van der Waals surface area contributed by atoms with Crippen LogP contribution in [0.4, 0.5) is 10.1 Å². The Bertz CT molecular complexity index is 485. The molecule has 1 aromatic carbocycles. The van der Waals surface area contributed by atoms with E-state index in [9.17, 15) is 4.39 Å². The zero-order chi connectivity index (χ0) is 14.5. The van der Waals surface area contributed by atoms with E-state index in [1.54, 1.807) is 6.07 Å². The first-order valence-electron chi connectivity index (χ1n) is 6.71. The van der Waals surface area contributed by atoms with E-state index in [2.05, 4.69) is 41.1 Å². The molecule has 2 aromatic rings. The zero-order valence-corrected chi connectivity index (χ0v) is 11.9. The second-order valence-corrected chi connectivity index (χ2v) is 5.05. The fourth-order valence-electron chi connectivity index (χ4n) is 2.02. The smallest absolute Gasteiger partial charge is 0.141 e. The van der Waals surface area contributed by atoms with Gasteiger partial charge in [0.1, 0.15) is 5.82 Å². The van der Waals surface area contributed by atoms with Gasteiger partial charge in [-0.3, -0.25) is 4.98 Å². The van der Waals surface area contributed by atoms with E-state index in [0.29, 0.717) is 0 Å². The SMILES string of the molecule is Cc1ccc(N(C)CCC(N)c2ccc(F)cn2)cc1. The minimum absolute atomic E-state index is 0.177. The van der Waals surface area contributed by atoms with Crippen molar-refractivity contribution in [1.29, 1.82) is 0 Å². The maximum Gasteiger partial charge on any atom is 0.141 e. The van der Waals surface area contributed by atoms with Crippen molar-refractivity contribution < 1.29 is 4.39 Å². The number of pyridine rings is 1. The summed E-state index contributed by atoms with van der Waals surface area (Å²) in [5, 5.41) is 0. The van der Waals surface area contributed by atoms with E-state index in [0.717, 1.165) is 24.3 Å². The molecule has 0 saturated heterocycles. The number of halogens is 1. The van der Waals surface area contributed by atoms with Crippen LogP contribution in [-0.4, -0.2) is 18.6 Å². The van der Waals surface area contributed by atoms with E-state index in [4.69, 9.17) is 5.73 Å². The van der Waals surface area contributed by atoms with Gasteiger partial charge in [-0.25, -0.2) is 4.39 Å². The molecular weight excluding hydrogens is 253 g/mol. The van der Waals surface area contributed by atoms with E-state index < -0.39 is 0 Å². The van der Waals surface area contributed by atoms with Gasteiger partial charge >= 0.3 is 0 Å². The van der Waals surface area contributed by atoms with Crippen molar-refractivity contribution in [1.82, 2.24) is 4.98 Å². The number of anilines is 1. The molecule has 0 radical (unpaired) electrons. The molecule has 0 saturated carbocycles. The van der Waals surface area contributed by atoms with Gasteiger partial charge in [0.25, 0.3) is 0 Å². The third-order valence-corrected chi connectivity index (χ3v) is 3.38. The standard InChI is InChI=1S/C16H20FN3/c1-12-3-6-14(7-4-12)20(2)10-9-15(18)16-8-5-13(17)11-19-16/h3-8,11,15H,9-10,18H2,1-2H3. The van der Waals surface area contributed by atoms with Crippen molar-refractivity contribution in [2.24, 2.45) is 5.73 Å². The first-order chi connectivity index (χ1) is 9.56. The number of aryl methyl sites for hydroxylation is 1. The summed E-state index contributed by atoms with van der Waals surface area (Å²) in [6.45, 7) is 2.89. The summed E-state index contributed by atoms with van der Waals surface area (Å²) in [5.74, 6) is -0.335. The topological polar surface area (TPSA) is 42.1 Å². The molecule has 0 aliphatic carbocycles. The van der Waals surface area contributed by atoms with Gasteiger partial charge in [-0.1, -0.05) is 17.7 Å². The highest BCUT2D eigenvalue weighted by atomic mass is 19.1. The number of benzene rings is 1. The minimum Gasteiger partial charge on any atom is -0.375 e. The minimum atomic E-state index is -0.335. The number of hydrogen-bond acceptors (Lipinski definition) is 3. The molecule has 2 N–H and O–H groups in total. The largest absolute Gasteiger partial charge is 0.375 e. The van der Waals surface area contributed by atoms with Gasteiger partial charge in [-0.05, 0) is 37.6 Å². The summed E-state index contributed by atoms with van der Waals surface area (Å²) >= 11 is 0. The molecule has 1 heterocycles. The van der Waals surface area contributed by atoms with Crippen LogP contribution in [0.15, 0.2) is 42.6 Å². The summed E-state index contributed by atoms with van der Waals surface area (Å²) in [6, 6.07) is 11.2. The number of aromatic nitrogens is 1. The molecule has 1 unspecified atom stereocenters. The van der Waals surface area contributed by atoms with Crippen LogP contribution in [-0.2, 0) is 0 Å². The average Bonchev–Trinajstić information content (AvgIpc) is 2.46. The van der Waals surface area contributed by atoms with Crippen LogP contribution in [0.1, 0.15) is 23.7 Å². The summed E-state index contributed by atoms with van der Waals surface area (Å²) in [5.41, 5.74) is 9.22. The average molecular weight is 273 g/mol. The van der Waals surface area contributed by atoms with Crippen LogP contribution in [0.3, 0.4) is 0 Å². The lowest BCUT2D eigenvalue weighted by Crippen LogP contribution is -2.23. The molecule has 20 heavy (non-hydrogen) atoms. The molecule has 0 bridgehead atoms. The molecule has 0 aliphatic rings. The quantitative estimate of drug-likeness (QED) is 0.910. The van der Waals surface area contributed by atoms with Gasteiger partial charge in [0.2, 0.25) is 0 Å². The summed E-state index contributed by atoms with van der Waals surface area (Å²) < 4.78 is 12.8. The Labute approximate surface area is 119 Å². The Morgan fingerprint density at radius 1 is 1.20 bits per heavy atom. The maximum absolute atomic E-state index is 12.8. The monoisotopic (exact) mass is 273 g/mol. The molecule has 0 spiro atoms. The number of nitrogens with zero attached hydrogens (tertiary/aromatic N) is 2. The van der Waals surface area contributed by atoms with Gasteiger partial charge in [0, 0.05) is 25.3 Å². The van der Waals surface area contributed by atoms with Crippen LogP contribution >= 0.6 is 0 Å². The molecule has 106 valence electrons. The lowest BCUT2D eigenvalue weighted by atomic mass is 10.1. The van der Waals surface area contributed by atoms with Gasteiger partial charge in [-0.2, -0.15) is 0 Å². The van der Waals surface area contributed by atoms with Crippen molar-refractivity contribution in [3.63, 3.8) is 0 Å². The first-order valence-corrected chi connectivity index (χ1v) is 6.71. The lowest BCUT2D eigenvalue weighted by Gasteiger charge is -2.21. The first kappa shape index (κ1) is 14.5. The third-order valence-electron chi connectivity index (χ3n) is 3.38. The lowest BCUT2D eigenvalue weighted by molar-refractivity contribution is 0.600. The third kappa shape index (κ3) is 3.78. The van der Waals surface area contributed by atoms with Crippen LogP contribution in [0.5, 0.6) is 0 Å². The number of hydrogen-bond donors (Lipinski definition) is 1. The fraction of sp³-hybridized carbons (Fsp3) is 0.312. The van der Waals surface area contributed by atoms with Crippen LogP contribution in [0.2, 0.25) is 0 Å². The Kier molecular flexibility index (Phi) is 4.69. The number of nitrogens with two attached hydrogens (primary N) is 1. The molecule has 0 amide bonds. The van der Waals surface area contributed by atoms with Crippen molar-refractivity contribution >= 4 is 5.69 Å². The summed E-state index contributed by atoms with van der Waals surface area (Å²) in [4.78, 5) is 6.18. The van der Waals surface area contributed by atoms with Crippen molar-refractivity contribution in [3.05, 3.63) is 59.7 Å². The van der Waals surface area contributed by atoms with E-state index in [-0.39, 0.29) is 11.9 Å². The zero-order valence-electron chi connectivity index (χ0n) is 11.9. The second-order valence-electron chi connectivity index (χ2n) is 5.05. The van der Waals surface area contributed by atoms with E-state index >= 15 is 0 Å². The highest BCUT2D eigenvalue weighted by Crippen LogP contribution is 2.17. The molecule has 3 nitrogen and oxygen atoms in total. The van der Waals surface area contributed by atoms with E-state index in [1.165, 1.54) is 17.8 Å². The Balaban J connectivity index is 1.91. The Morgan fingerprint density at radius 2 is 1.90 bits per heavy atom. The van der Waals surface area contributed by atoms with Crippen molar-refractivity contribution in [2.45, 2.75) is 19.4 Å². The molecule has 1 atom stereocenters. The van der Waals surface area contributed by atoms with Gasteiger partial charge in [0.15, 0.2) is 0 Å². The highest BCUT2D eigenvalue weighted by molar-refractivity contribution is 5.46. The van der Waals surface area contributed by atoms with Crippen molar-refractivity contribution in [3.8, 4) is 0 Å². The molecule has 0 aliphatic heterocycles. The normalized spacial score (nSPS) is 12.2. The number of rotatable bonds is 5. The second kappa shape index (κ2) is 6.48. The summed E-state index contributed by atoms with van der Waals surface area (Å²) in [6.07, 6.45) is 1.97. The molecule has 4 heteroatoms. The maximum atomic E-state index is 12.8. The van der Waals surface area contributed by atoms with Crippen molar-refractivity contribution in [2.75, 3.05) is 18.5 Å². The fourth-order valence-corrected chi connectivity index (χ4v) is 2.02. The molecule has 0 fully saturated rings. The van der Waals surface area contributed by atoms with Crippen LogP contribution in [0.25, 0.3) is 0 Å². The van der Waals surface area contributed by atoms with Gasteiger partial charge < -0.3 is 10.6 Å². The predicted octanol–water partition coefficient (Wildman–Crippen LogP) is 3.06. The molecule has 1 aromatic heterocycles. The van der Waals surface area contributed by atoms with E-state index in [1.807, 2.05) is 7.05 Å². The van der Waals surface area contributed by atoms with Crippen LogP contribution in [0, 0.1) is 12.7 Å². The summed E-state index contributed by atoms with van der Waals surface area (Å²) in [7, 11) is 2.04. The molecular formula is C16H20FN3. The van der Waals surface area contributed by atoms with Gasteiger partial charge in [0.05, 0.1) is 11.9 Å². The Hall–Kier alpha value is -1.94. The highest BCUT2D eigenvalue weighted by Gasteiger charge is 2.09. The predicted molar refractivity (Wildman–Crippen MR) is 80.2 cm³/mol. The Morgan fingerprint density at radius 3 is 2.50 bits per heavy atom. The van der Waals surface area contributed by atoms with Gasteiger partial charge in [-0.15, -0.1) is 0 Å². The van der Waals surface area contributed by atoms with Crippen LogP contribution < -0.4 is 10.6 Å².